The number of fused-ring (bicyclic) bond motifs is 7. The second-order valence-electron chi connectivity index (χ2n) is 17.1. The van der Waals surface area contributed by atoms with Gasteiger partial charge >= 0.3 is 0 Å². The van der Waals surface area contributed by atoms with E-state index in [-0.39, 0.29) is 0 Å². The molecule has 0 N–H and O–H groups in total. The van der Waals surface area contributed by atoms with Gasteiger partial charge in [0.2, 0.25) is 0 Å². The van der Waals surface area contributed by atoms with Crippen LogP contribution < -0.4 is 0 Å². The predicted octanol–water partition coefficient (Wildman–Crippen LogP) is 15.2. The van der Waals surface area contributed by atoms with Gasteiger partial charge in [-0.1, -0.05) is 200 Å². The summed E-state index contributed by atoms with van der Waals surface area (Å²) in [6, 6.07) is 87.1. The molecule has 0 spiro atoms. The van der Waals surface area contributed by atoms with Gasteiger partial charge in [0, 0.05) is 33.2 Å². The van der Waals surface area contributed by atoms with Crippen molar-refractivity contribution in [3.05, 3.63) is 265 Å². The smallest absolute Gasteiger partial charge is 0.164 e. The highest BCUT2D eigenvalue weighted by atomic mass is 15.0. The van der Waals surface area contributed by atoms with Crippen LogP contribution in [0.5, 0.6) is 0 Å². The molecule has 1 aliphatic rings. The topological polar surface area (TPSA) is 43.6 Å². The zero-order chi connectivity index (χ0) is 43.6. The molecule has 0 atom stereocenters. The fourth-order valence-corrected chi connectivity index (χ4v) is 10.6. The van der Waals surface area contributed by atoms with E-state index < -0.39 is 5.41 Å². The van der Waals surface area contributed by atoms with E-state index in [2.05, 4.69) is 229 Å². The highest BCUT2D eigenvalue weighted by Crippen LogP contribution is 2.57. The Morgan fingerprint density at radius 2 is 0.894 bits per heavy atom. The van der Waals surface area contributed by atoms with Crippen LogP contribution in [0.4, 0.5) is 0 Å². The lowest BCUT2D eigenvalue weighted by atomic mass is 9.67. The largest absolute Gasteiger partial charge is 0.309 e. The third kappa shape index (κ3) is 5.89. The van der Waals surface area contributed by atoms with Gasteiger partial charge in [0.05, 0.1) is 16.4 Å². The van der Waals surface area contributed by atoms with Crippen LogP contribution in [0.2, 0.25) is 0 Å². The SMILES string of the molecule is c1ccc(-c2ccc3c(c2)C(c2ccccc2)(c2ccccc2)c2ccc(-c4nc(-c5ccccc5)nc(-c5cccc6cc7c8ccccc8n(-c8ccccc8)c7cc56)n4)cc2-3)cc1. The number of nitrogens with zero attached hydrogens (tertiary/aromatic N) is 4. The number of hydrogen-bond acceptors (Lipinski definition) is 3. The maximum absolute atomic E-state index is 5.41. The lowest BCUT2D eigenvalue weighted by Gasteiger charge is -2.34. The fraction of sp³-hybridized carbons (Fsp3) is 0.0161. The van der Waals surface area contributed by atoms with Gasteiger partial charge < -0.3 is 4.57 Å². The van der Waals surface area contributed by atoms with Crippen molar-refractivity contribution in [1.82, 2.24) is 19.5 Å². The van der Waals surface area contributed by atoms with Crippen molar-refractivity contribution >= 4 is 32.6 Å². The predicted molar refractivity (Wildman–Crippen MR) is 271 cm³/mol. The van der Waals surface area contributed by atoms with Crippen molar-refractivity contribution in [1.29, 1.82) is 0 Å². The Morgan fingerprint density at radius 1 is 0.303 bits per heavy atom. The molecule has 4 heteroatoms. The zero-order valence-electron chi connectivity index (χ0n) is 35.9. The van der Waals surface area contributed by atoms with Gasteiger partial charge in [-0.25, -0.2) is 15.0 Å². The van der Waals surface area contributed by atoms with Crippen LogP contribution in [0.1, 0.15) is 22.3 Å². The highest BCUT2D eigenvalue weighted by Gasteiger charge is 2.46. The molecular formula is C62H40N4. The Bertz CT molecular complexity index is 3750. The van der Waals surface area contributed by atoms with Gasteiger partial charge in [-0.15, -0.1) is 0 Å². The first kappa shape index (κ1) is 37.8. The number of rotatable bonds is 7. The monoisotopic (exact) mass is 840 g/mol. The molecule has 0 bridgehead atoms. The van der Waals surface area contributed by atoms with Crippen molar-refractivity contribution in [2.24, 2.45) is 0 Å². The molecule has 13 rings (SSSR count). The van der Waals surface area contributed by atoms with E-state index in [4.69, 9.17) is 15.0 Å². The maximum atomic E-state index is 5.41. The van der Waals surface area contributed by atoms with Crippen LogP contribution in [0.15, 0.2) is 243 Å². The average molecular weight is 841 g/mol. The lowest BCUT2D eigenvalue weighted by Crippen LogP contribution is -2.28. The molecule has 10 aromatic carbocycles. The third-order valence-electron chi connectivity index (χ3n) is 13.5. The van der Waals surface area contributed by atoms with Crippen LogP contribution in [-0.4, -0.2) is 19.5 Å². The van der Waals surface area contributed by atoms with Crippen LogP contribution in [0, 0.1) is 0 Å². The molecular weight excluding hydrogens is 801 g/mol. The van der Waals surface area contributed by atoms with Crippen LogP contribution in [0.3, 0.4) is 0 Å². The minimum absolute atomic E-state index is 0.563. The van der Waals surface area contributed by atoms with Crippen LogP contribution >= 0.6 is 0 Å². The van der Waals surface area contributed by atoms with Gasteiger partial charge in [-0.2, -0.15) is 0 Å². The summed E-state index contributed by atoms with van der Waals surface area (Å²) in [4.78, 5) is 16.0. The number of benzene rings is 10. The second kappa shape index (κ2) is 15.2. The minimum Gasteiger partial charge on any atom is -0.309 e. The van der Waals surface area contributed by atoms with Crippen molar-refractivity contribution in [2.75, 3.05) is 0 Å². The first-order valence-corrected chi connectivity index (χ1v) is 22.5. The molecule has 0 unspecified atom stereocenters. The summed E-state index contributed by atoms with van der Waals surface area (Å²) in [5.74, 6) is 1.88. The van der Waals surface area contributed by atoms with E-state index in [0.717, 1.165) is 38.7 Å². The van der Waals surface area contributed by atoms with E-state index in [1.54, 1.807) is 0 Å². The van der Waals surface area contributed by atoms with Gasteiger partial charge in [0.15, 0.2) is 17.5 Å². The maximum Gasteiger partial charge on any atom is 0.164 e. The van der Waals surface area contributed by atoms with E-state index in [1.165, 1.54) is 60.8 Å². The quantitative estimate of drug-likeness (QED) is 0.161. The molecule has 2 heterocycles. The van der Waals surface area contributed by atoms with Crippen molar-refractivity contribution in [3.63, 3.8) is 0 Å². The molecule has 0 aliphatic heterocycles. The minimum atomic E-state index is -0.563. The summed E-state index contributed by atoms with van der Waals surface area (Å²) < 4.78 is 2.37. The first-order valence-electron chi connectivity index (χ1n) is 22.5. The normalized spacial score (nSPS) is 12.7. The molecule has 12 aromatic rings. The number of para-hydroxylation sites is 2. The number of aromatic nitrogens is 4. The summed E-state index contributed by atoms with van der Waals surface area (Å²) in [6.45, 7) is 0. The van der Waals surface area contributed by atoms with Crippen LogP contribution in [0.25, 0.3) is 94.7 Å². The molecule has 0 radical (unpaired) electrons. The molecule has 0 fully saturated rings. The molecule has 1 aliphatic carbocycles. The molecule has 0 saturated heterocycles. The van der Waals surface area contributed by atoms with Crippen molar-refractivity contribution < 1.29 is 0 Å². The van der Waals surface area contributed by atoms with Crippen LogP contribution in [-0.2, 0) is 5.41 Å². The highest BCUT2D eigenvalue weighted by molar-refractivity contribution is 6.15. The van der Waals surface area contributed by atoms with Crippen molar-refractivity contribution in [2.45, 2.75) is 5.41 Å². The standard InChI is InChI=1S/C62H40N4/c1-6-19-41(20-7-1)43-33-35-49-53-38-45(34-36-55(53)62(56(49)39-43,46-24-10-3-11-25-46)47-26-12-4-13-27-47)60-63-59(42-21-8-2-9-22-42)64-61(65-60)51-31-18-23-44-37-54-50-30-16-17-32-57(50)66(58(54)40-52(44)51)48-28-14-5-15-29-48/h1-40H. The summed E-state index contributed by atoms with van der Waals surface area (Å²) in [7, 11) is 0. The fourth-order valence-electron chi connectivity index (χ4n) is 10.6. The van der Waals surface area contributed by atoms with E-state index in [0.29, 0.717) is 17.5 Å². The zero-order valence-corrected chi connectivity index (χ0v) is 35.9. The molecule has 4 nitrogen and oxygen atoms in total. The third-order valence-corrected chi connectivity index (χ3v) is 13.5. The Kier molecular flexibility index (Phi) is 8.72. The second-order valence-corrected chi connectivity index (χ2v) is 17.1. The average Bonchev–Trinajstić information content (AvgIpc) is 3.88. The van der Waals surface area contributed by atoms with Gasteiger partial charge in [-0.3, -0.25) is 0 Å². The molecule has 66 heavy (non-hydrogen) atoms. The van der Waals surface area contributed by atoms with E-state index >= 15 is 0 Å². The summed E-state index contributed by atoms with van der Waals surface area (Å²) in [6.07, 6.45) is 0. The molecule has 308 valence electrons. The van der Waals surface area contributed by atoms with Gasteiger partial charge in [-0.05, 0) is 97.7 Å². The summed E-state index contributed by atoms with van der Waals surface area (Å²) in [5.41, 5.74) is 15.3. The van der Waals surface area contributed by atoms with Crippen molar-refractivity contribution in [3.8, 4) is 62.1 Å². The summed E-state index contributed by atoms with van der Waals surface area (Å²) in [5, 5.41) is 4.63. The molecule has 0 saturated carbocycles. The lowest BCUT2D eigenvalue weighted by molar-refractivity contribution is 0.769. The Morgan fingerprint density at radius 3 is 1.61 bits per heavy atom. The molecule has 0 amide bonds. The Balaban J connectivity index is 1.04. The van der Waals surface area contributed by atoms with E-state index in [9.17, 15) is 0 Å². The first-order chi connectivity index (χ1) is 32.7. The number of hydrogen-bond donors (Lipinski definition) is 0. The Hall–Kier alpha value is -8.73. The van der Waals surface area contributed by atoms with Gasteiger partial charge in [0.1, 0.15) is 0 Å². The molecule has 2 aromatic heterocycles. The summed E-state index contributed by atoms with van der Waals surface area (Å²) >= 11 is 0. The van der Waals surface area contributed by atoms with E-state index in [1.807, 2.05) is 18.2 Å². The Labute approximate surface area is 382 Å². The van der Waals surface area contributed by atoms with Gasteiger partial charge in [0.25, 0.3) is 0 Å².